The average Bonchev–Trinajstić information content (AvgIpc) is 2.59. The van der Waals surface area contributed by atoms with E-state index < -0.39 is 10.0 Å². The lowest BCUT2D eigenvalue weighted by molar-refractivity contribution is -0.00416. The van der Waals surface area contributed by atoms with Crippen LogP contribution in [-0.4, -0.2) is 25.1 Å². The Kier molecular flexibility index (Phi) is 6.18. The fourth-order valence-electron chi connectivity index (χ4n) is 2.16. The van der Waals surface area contributed by atoms with Crippen LogP contribution in [0.3, 0.4) is 0 Å². The molecule has 124 valence electrons. The zero-order valence-electron chi connectivity index (χ0n) is 13.5. The fraction of sp³-hybridized carbons (Fsp3) is 0.222. The van der Waals surface area contributed by atoms with E-state index in [0.717, 1.165) is 24.6 Å². The van der Waals surface area contributed by atoms with Gasteiger partial charge in [-0.25, -0.2) is 0 Å². The predicted molar refractivity (Wildman–Crippen MR) is 94.9 cm³/mol. The van der Waals surface area contributed by atoms with E-state index in [4.69, 9.17) is 5.53 Å². The lowest BCUT2D eigenvalue weighted by Gasteiger charge is -1.99. The SMILES string of the molecule is Cc1ccc(S(=O)(=O)/N=C/C(CCCc2ccccc2)=[N+]=[N-])cc1. The fourth-order valence-corrected chi connectivity index (χ4v) is 3.02. The zero-order valence-corrected chi connectivity index (χ0v) is 14.3. The van der Waals surface area contributed by atoms with Crippen LogP contribution in [0.5, 0.6) is 0 Å². The van der Waals surface area contributed by atoms with E-state index in [2.05, 4.69) is 9.19 Å². The molecule has 0 saturated heterocycles. The van der Waals surface area contributed by atoms with Crippen LogP contribution < -0.4 is 0 Å². The van der Waals surface area contributed by atoms with E-state index in [0.29, 0.717) is 6.42 Å². The second-order valence-corrected chi connectivity index (χ2v) is 7.09. The maximum absolute atomic E-state index is 12.1. The van der Waals surface area contributed by atoms with Gasteiger partial charge < -0.3 is 5.53 Å². The molecule has 0 unspecified atom stereocenters. The molecule has 0 radical (unpaired) electrons. The molecule has 0 atom stereocenters. The molecule has 0 amide bonds. The van der Waals surface area contributed by atoms with Crippen molar-refractivity contribution in [3.8, 4) is 0 Å². The molecule has 0 aromatic heterocycles. The van der Waals surface area contributed by atoms with Gasteiger partial charge in [-0.1, -0.05) is 48.0 Å². The summed E-state index contributed by atoms with van der Waals surface area (Å²) in [4.78, 5) is 3.25. The van der Waals surface area contributed by atoms with Crippen molar-refractivity contribution in [3.63, 3.8) is 0 Å². The third kappa shape index (κ3) is 5.26. The summed E-state index contributed by atoms with van der Waals surface area (Å²) in [5.74, 6) is 0. The largest absolute Gasteiger partial charge is 0.361 e. The third-order valence-electron chi connectivity index (χ3n) is 3.53. The van der Waals surface area contributed by atoms with E-state index in [9.17, 15) is 8.42 Å². The molecular weight excluding hydrogens is 322 g/mol. The Bertz CT molecular complexity index is 851. The van der Waals surface area contributed by atoms with Gasteiger partial charge in [0, 0.05) is 0 Å². The molecule has 0 heterocycles. The van der Waals surface area contributed by atoms with Gasteiger partial charge in [-0.15, -0.1) is 0 Å². The smallest absolute Gasteiger partial charge is 0.310 e. The molecule has 2 aromatic carbocycles. The van der Waals surface area contributed by atoms with E-state index in [-0.39, 0.29) is 10.6 Å². The van der Waals surface area contributed by atoms with E-state index in [1.54, 1.807) is 12.1 Å². The number of hydrogen-bond donors (Lipinski definition) is 0. The van der Waals surface area contributed by atoms with Gasteiger partial charge in [-0.05, 0) is 37.5 Å². The highest BCUT2D eigenvalue weighted by Crippen LogP contribution is 2.12. The normalized spacial score (nSPS) is 11.4. The minimum absolute atomic E-state index is 0.117. The third-order valence-corrected chi connectivity index (χ3v) is 4.78. The monoisotopic (exact) mass is 341 g/mol. The predicted octanol–water partition coefficient (Wildman–Crippen LogP) is 3.45. The van der Waals surface area contributed by atoms with Gasteiger partial charge in [-0.2, -0.15) is 17.6 Å². The molecule has 0 bridgehead atoms. The Labute approximate surface area is 142 Å². The van der Waals surface area contributed by atoms with Crippen LogP contribution >= 0.6 is 0 Å². The molecule has 0 saturated carbocycles. The van der Waals surface area contributed by atoms with Gasteiger partial charge >= 0.3 is 5.71 Å². The van der Waals surface area contributed by atoms with E-state index in [1.807, 2.05) is 37.3 Å². The van der Waals surface area contributed by atoms with E-state index >= 15 is 0 Å². The van der Waals surface area contributed by atoms with Crippen molar-refractivity contribution >= 4 is 21.9 Å². The number of rotatable bonds is 7. The first-order chi connectivity index (χ1) is 11.5. The van der Waals surface area contributed by atoms with Gasteiger partial charge in [0.15, 0.2) is 0 Å². The Balaban J connectivity index is 1.97. The number of aryl methyl sites for hydroxylation is 2. The summed E-state index contributed by atoms with van der Waals surface area (Å²) < 4.78 is 27.9. The highest BCUT2D eigenvalue weighted by atomic mass is 32.2. The van der Waals surface area contributed by atoms with Crippen LogP contribution in [0.15, 0.2) is 63.9 Å². The van der Waals surface area contributed by atoms with Crippen LogP contribution in [0.4, 0.5) is 0 Å². The van der Waals surface area contributed by atoms with Crippen molar-refractivity contribution in [1.82, 2.24) is 0 Å². The summed E-state index contributed by atoms with van der Waals surface area (Å²) in [7, 11) is -3.78. The second-order valence-electron chi connectivity index (χ2n) is 5.45. The Morgan fingerprint density at radius 3 is 2.42 bits per heavy atom. The molecule has 24 heavy (non-hydrogen) atoms. The molecule has 0 aliphatic heterocycles. The van der Waals surface area contributed by atoms with Crippen molar-refractivity contribution in [2.45, 2.75) is 31.1 Å². The Morgan fingerprint density at radius 1 is 1.12 bits per heavy atom. The molecule has 0 N–H and O–H groups in total. The topological polar surface area (TPSA) is 82.9 Å². The lowest BCUT2D eigenvalue weighted by Crippen LogP contribution is -2.06. The first kappa shape index (κ1) is 17.8. The highest BCUT2D eigenvalue weighted by Gasteiger charge is 2.13. The number of benzene rings is 2. The van der Waals surface area contributed by atoms with Crippen LogP contribution in [-0.2, 0) is 16.4 Å². The van der Waals surface area contributed by atoms with Crippen molar-refractivity contribution < 1.29 is 13.2 Å². The molecule has 5 nitrogen and oxygen atoms in total. The first-order valence-corrected chi connectivity index (χ1v) is 9.07. The summed E-state index contributed by atoms with van der Waals surface area (Å²) in [5.41, 5.74) is 11.4. The summed E-state index contributed by atoms with van der Waals surface area (Å²) in [6, 6.07) is 16.4. The molecule has 2 rings (SSSR count). The molecule has 0 spiro atoms. The van der Waals surface area contributed by atoms with Crippen LogP contribution in [0.1, 0.15) is 24.0 Å². The summed E-state index contributed by atoms with van der Waals surface area (Å²) >= 11 is 0. The summed E-state index contributed by atoms with van der Waals surface area (Å²) in [6.45, 7) is 1.88. The Morgan fingerprint density at radius 2 is 1.79 bits per heavy atom. The average molecular weight is 341 g/mol. The van der Waals surface area contributed by atoms with Crippen molar-refractivity contribution in [2.75, 3.05) is 0 Å². The lowest BCUT2D eigenvalue weighted by atomic mass is 10.1. The van der Waals surface area contributed by atoms with Crippen LogP contribution in [0.2, 0.25) is 0 Å². The summed E-state index contributed by atoms with van der Waals surface area (Å²) in [5, 5.41) is 0. The number of nitrogens with zero attached hydrogens (tertiary/aromatic N) is 3. The molecule has 2 aromatic rings. The number of sulfonamides is 1. The van der Waals surface area contributed by atoms with Crippen molar-refractivity contribution in [3.05, 3.63) is 71.3 Å². The van der Waals surface area contributed by atoms with Gasteiger partial charge in [0.2, 0.25) is 0 Å². The van der Waals surface area contributed by atoms with Gasteiger partial charge in [0.1, 0.15) is 6.21 Å². The highest BCUT2D eigenvalue weighted by molar-refractivity contribution is 7.90. The maximum atomic E-state index is 12.1. The van der Waals surface area contributed by atoms with Crippen molar-refractivity contribution in [1.29, 1.82) is 0 Å². The molecular formula is C18H19N3O2S. The molecule has 0 aliphatic rings. The van der Waals surface area contributed by atoms with Gasteiger partial charge in [0.05, 0.1) is 11.3 Å². The van der Waals surface area contributed by atoms with Crippen molar-refractivity contribution in [2.24, 2.45) is 4.40 Å². The Hall–Kier alpha value is -2.56. The minimum Gasteiger partial charge on any atom is -0.361 e. The summed E-state index contributed by atoms with van der Waals surface area (Å²) in [6.07, 6.45) is 3.11. The number of hydrogen-bond acceptors (Lipinski definition) is 2. The van der Waals surface area contributed by atoms with Crippen LogP contribution in [0, 0.1) is 6.92 Å². The van der Waals surface area contributed by atoms with E-state index in [1.165, 1.54) is 17.7 Å². The van der Waals surface area contributed by atoms with Gasteiger partial charge in [-0.3, -0.25) is 0 Å². The molecule has 0 aliphatic carbocycles. The standard InChI is InChI=1S/C18H19N3O2S/c1-15-10-12-18(13-11-15)24(22,23)20-14-17(21-19)9-5-8-16-6-3-2-4-7-16/h2-4,6-7,10-14H,5,8-9H2,1H3/b20-14+. The van der Waals surface area contributed by atoms with Gasteiger partial charge in [0.25, 0.3) is 10.0 Å². The molecule has 0 fully saturated rings. The zero-order chi connectivity index (χ0) is 17.4. The second kappa shape index (κ2) is 8.34. The van der Waals surface area contributed by atoms with Crippen LogP contribution in [0.25, 0.3) is 5.53 Å². The first-order valence-electron chi connectivity index (χ1n) is 7.63. The minimum atomic E-state index is -3.78. The molecule has 6 heteroatoms. The quantitative estimate of drug-likeness (QED) is 0.439. The maximum Gasteiger partial charge on any atom is 0.310 e.